The summed E-state index contributed by atoms with van der Waals surface area (Å²) in [5, 5.41) is 2.60. The lowest BCUT2D eigenvalue weighted by molar-refractivity contribution is -0.111. The van der Waals surface area contributed by atoms with Gasteiger partial charge in [0.1, 0.15) is 11.6 Å². The second-order valence-corrected chi connectivity index (χ2v) is 4.75. The number of ether oxygens (including phenoxy) is 1. The van der Waals surface area contributed by atoms with Gasteiger partial charge < -0.3 is 10.1 Å². The molecular formula is C18H18FNO2. The van der Waals surface area contributed by atoms with E-state index in [-0.39, 0.29) is 11.7 Å². The van der Waals surface area contributed by atoms with Crippen LogP contribution in [0.1, 0.15) is 18.9 Å². The van der Waals surface area contributed by atoms with E-state index in [9.17, 15) is 9.18 Å². The highest BCUT2D eigenvalue weighted by atomic mass is 19.1. The predicted octanol–water partition coefficient (Wildman–Crippen LogP) is 4.27. The number of nitrogens with one attached hydrogen (secondary N) is 1. The van der Waals surface area contributed by atoms with E-state index >= 15 is 0 Å². The highest BCUT2D eigenvalue weighted by Gasteiger charge is 1.99. The predicted molar refractivity (Wildman–Crippen MR) is 86.3 cm³/mol. The van der Waals surface area contributed by atoms with Crippen molar-refractivity contribution in [3.63, 3.8) is 0 Å². The van der Waals surface area contributed by atoms with E-state index in [1.54, 1.807) is 18.2 Å². The Morgan fingerprint density at radius 3 is 2.68 bits per heavy atom. The molecule has 2 rings (SSSR count). The molecule has 0 saturated carbocycles. The van der Waals surface area contributed by atoms with Gasteiger partial charge in [-0.15, -0.1) is 0 Å². The Bertz CT molecular complexity index is 650. The molecule has 0 bridgehead atoms. The van der Waals surface area contributed by atoms with Crippen LogP contribution in [0.5, 0.6) is 5.75 Å². The van der Waals surface area contributed by atoms with Crippen LogP contribution in [0.4, 0.5) is 10.1 Å². The van der Waals surface area contributed by atoms with Gasteiger partial charge in [-0.25, -0.2) is 4.39 Å². The van der Waals surface area contributed by atoms with Crippen molar-refractivity contribution in [3.8, 4) is 5.75 Å². The number of halogens is 1. The molecule has 0 saturated heterocycles. The molecular weight excluding hydrogens is 281 g/mol. The summed E-state index contributed by atoms with van der Waals surface area (Å²) in [7, 11) is 0. The quantitative estimate of drug-likeness (QED) is 0.809. The van der Waals surface area contributed by atoms with Crippen molar-refractivity contribution in [2.75, 3.05) is 11.9 Å². The van der Waals surface area contributed by atoms with E-state index < -0.39 is 0 Å². The summed E-state index contributed by atoms with van der Waals surface area (Å²) < 4.78 is 18.5. The molecule has 0 spiro atoms. The van der Waals surface area contributed by atoms with Crippen LogP contribution < -0.4 is 10.1 Å². The van der Waals surface area contributed by atoms with E-state index in [0.717, 1.165) is 17.7 Å². The van der Waals surface area contributed by atoms with Crippen LogP contribution in [0.3, 0.4) is 0 Å². The maximum Gasteiger partial charge on any atom is 0.248 e. The highest BCUT2D eigenvalue weighted by molar-refractivity contribution is 6.01. The summed E-state index contributed by atoms with van der Waals surface area (Å²) in [5.74, 6) is 0.115. The first-order valence-electron chi connectivity index (χ1n) is 7.15. The lowest BCUT2D eigenvalue weighted by Crippen LogP contribution is -2.07. The zero-order chi connectivity index (χ0) is 15.8. The minimum absolute atomic E-state index is 0.308. The average molecular weight is 299 g/mol. The van der Waals surface area contributed by atoms with Crippen LogP contribution in [0.15, 0.2) is 54.6 Å². The number of amides is 1. The van der Waals surface area contributed by atoms with Gasteiger partial charge >= 0.3 is 0 Å². The van der Waals surface area contributed by atoms with Gasteiger partial charge in [-0.2, -0.15) is 0 Å². The van der Waals surface area contributed by atoms with Gasteiger partial charge in [-0.1, -0.05) is 25.1 Å². The number of hydrogen-bond acceptors (Lipinski definition) is 2. The lowest BCUT2D eigenvalue weighted by Gasteiger charge is -2.04. The molecule has 2 aromatic rings. The fraction of sp³-hybridized carbons (Fsp3) is 0.167. The third-order valence-corrected chi connectivity index (χ3v) is 2.87. The van der Waals surface area contributed by atoms with Gasteiger partial charge in [0.25, 0.3) is 0 Å². The molecule has 0 aliphatic heterocycles. The first-order chi connectivity index (χ1) is 10.7. The molecule has 114 valence electrons. The molecule has 0 atom stereocenters. The highest BCUT2D eigenvalue weighted by Crippen LogP contribution is 2.14. The van der Waals surface area contributed by atoms with Crippen molar-refractivity contribution in [1.29, 1.82) is 0 Å². The number of hydrogen-bond donors (Lipinski definition) is 1. The van der Waals surface area contributed by atoms with Crippen molar-refractivity contribution in [2.24, 2.45) is 0 Å². The van der Waals surface area contributed by atoms with Crippen LogP contribution >= 0.6 is 0 Å². The van der Waals surface area contributed by atoms with Crippen molar-refractivity contribution in [3.05, 3.63) is 66.0 Å². The third-order valence-electron chi connectivity index (χ3n) is 2.87. The van der Waals surface area contributed by atoms with Crippen molar-refractivity contribution in [1.82, 2.24) is 0 Å². The molecule has 0 heterocycles. The molecule has 0 aromatic heterocycles. The number of rotatable bonds is 6. The molecule has 2 aromatic carbocycles. The molecule has 22 heavy (non-hydrogen) atoms. The summed E-state index contributed by atoms with van der Waals surface area (Å²) in [4.78, 5) is 11.8. The molecule has 3 nitrogen and oxygen atoms in total. The standard InChI is InChI=1S/C18H18FNO2/c1-2-12-22-17-9-6-14(7-10-17)8-11-18(21)20-16-5-3-4-15(19)13-16/h3-11,13H,2,12H2,1H3,(H,20,21)/b11-8+. The topological polar surface area (TPSA) is 38.3 Å². The maximum atomic E-state index is 13.0. The monoisotopic (exact) mass is 299 g/mol. The first kappa shape index (κ1) is 15.8. The minimum Gasteiger partial charge on any atom is -0.494 e. The van der Waals surface area contributed by atoms with Gasteiger partial charge in [0.15, 0.2) is 0 Å². The second-order valence-electron chi connectivity index (χ2n) is 4.75. The molecule has 0 aliphatic carbocycles. The van der Waals surface area contributed by atoms with Crippen LogP contribution in [0.25, 0.3) is 6.08 Å². The van der Waals surface area contributed by atoms with Gasteiger partial charge in [-0.05, 0) is 48.4 Å². The Balaban J connectivity index is 1.92. The van der Waals surface area contributed by atoms with Crippen molar-refractivity contribution < 1.29 is 13.9 Å². The van der Waals surface area contributed by atoms with Crippen molar-refractivity contribution >= 4 is 17.7 Å². The largest absolute Gasteiger partial charge is 0.494 e. The summed E-state index contributed by atoms with van der Waals surface area (Å²) in [6.45, 7) is 2.74. The SMILES string of the molecule is CCCOc1ccc(/C=C/C(=O)Nc2cccc(F)c2)cc1. The first-order valence-corrected chi connectivity index (χ1v) is 7.15. The Hall–Kier alpha value is -2.62. The van der Waals surface area contributed by atoms with Gasteiger partial charge in [-0.3, -0.25) is 4.79 Å². The summed E-state index contributed by atoms with van der Waals surface area (Å²) in [6.07, 6.45) is 4.06. The zero-order valence-electron chi connectivity index (χ0n) is 12.4. The molecule has 0 fully saturated rings. The van der Waals surface area contributed by atoms with Crippen molar-refractivity contribution in [2.45, 2.75) is 13.3 Å². The summed E-state index contributed by atoms with van der Waals surface area (Å²) >= 11 is 0. The fourth-order valence-electron chi connectivity index (χ4n) is 1.82. The molecule has 0 unspecified atom stereocenters. The van der Waals surface area contributed by atoms with E-state index in [2.05, 4.69) is 5.32 Å². The Labute approximate surface area is 129 Å². The third kappa shape index (κ3) is 5.05. The molecule has 1 amide bonds. The van der Waals surface area contributed by atoms with Crippen LogP contribution in [0.2, 0.25) is 0 Å². The summed E-state index contributed by atoms with van der Waals surface area (Å²) in [5.41, 5.74) is 1.32. The van der Waals surface area contributed by atoms with Gasteiger partial charge in [0.05, 0.1) is 6.61 Å². The van der Waals surface area contributed by atoms with Crippen LogP contribution in [-0.4, -0.2) is 12.5 Å². The number of benzene rings is 2. The Morgan fingerprint density at radius 2 is 2.00 bits per heavy atom. The molecule has 0 radical (unpaired) electrons. The van der Waals surface area contributed by atoms with E-state index in [1.807, 2.05) is 31.2 Å². The average Bonchev–Trinajstić information content (AvgIpc) is 2.52. The van der Waals surface area contributed by atoms with Crippen LogP contribution in [0, 0.1) is 5.82 Å². The minimum atomic E-state index is -0.385. The molecule has 0 aliphatic rings. The normalized spacial score (nSPS) is 10.6. The lowest BCUT2D eigenvalue weighted by atomic mass is 10.2. The summed E-state index contributed by atoms with van der Waals surface area (Å²) in [6, 6.07) is 13.2. The van der Waals surface area contributed by atoms with Gasteiger partial charge in [0.2, 0.25) is 5.91 Å². The molecule has 4 heteroatoms. The van der Waals surface area contributed by atoms with E-state index in [0.29, 0.717) is 12.3 Å². The maximum absolute atomic E-state index is 13.0. The zero-order valence-corrected chi connectivity index (χ0v) is 12.4. The van der Waals surface area contributed by atoms with E-state index in [1.165, 1.54) is 18.2 Å². The van der Waals surface area contributed by atoms with Gasteiger partial charge in [0, 0.05) is 11.8 Å². The van der Waals surface area contributed by atoms with E-state index in [4.69, 9.17) is 4.74 Å². The second kappa shape index (κ2) is 7.98. The Kier molecular flexibility index (Phi) is 5.72. The Morgan fingerprint density at radius 1 is 1.23 bits per heavy atom. The smallest absolute Gasteiger partial charge is 0.248 e. The number of carbonyl (C=O) groups is 1. The van der Waals surface area contributed by atoms with Crippen LogP contribution in [-0.2, 0) is 4.79 Å². The number of anilines is 1. The molecule has 1 N–H and O–H groups in total. The number of carbonyl (C=O) groups excluding carboxylic acids is 1. The fourth-order valence-corrected chi connectivity index (χ4v) is 1.82.